The number of para-hydroxylation sites is 2. The molecule has 2 aromatic rings. The molecular weight excluding hydrogens is 250 g/mol. The van der Waals surface area contributed by atoms with Gasteiger partial charge < -0.3 is 9.64 Å². The molecule has 0 saturated heterocycles. The molecule has 1 atom stereocenters. The highest BCUT2D eigenvalue weighted by atomic mass is 16.5. The zero-order valence-corrected chi connectivity index (χ0v) is 11.7. The molecule has 3 rings (SSSR count). The number of nitrogens with zero attached hydrogens (tertiary/aromatic N) is 1. The molecule has 0 bridgehead atoms. The number of fused-ring (bicyclic) bond motifs is 1. The minimum atomic E-state index is 0.0901. The number of ketones is 1. The first-order chi connectivity index (χ1) is 9.65. The van der Waals surface area contributed by atoms with Crippen molar-refractivity contribution in [2.24, 2.45) is 0 Å². The van der Waals surface area contributed by atoms with Crippen LogP contribution >= 0.6 is 0 Å². The first kappa shape index (κ1) is 12.7. The normalized spacial score (nSPS) is 17.3. The third-order valence-electron chi connectivity index (χ3n) is 3.51. The molecule has 0 saturated carbocycles. The molecule has 0 spiro atoms. The Kier molecular flexibility index (Phi) is 3.18. The first-order valence-corrected chi connectivity index (χ1v) is 6.79. The maximum absolute atomic E-state index is 11.3. The van der Waals surface area contributed by atoms with Crippen molar-refractivity contribution in [3.63, 3.8) is 0 Å². The molecule has 1 aliphatic rings. The second kappa shape index (κ2) is 5.00. The number of hydrogen-bond acceptors (Lipinski definition) is 3. The molecule has 0 radical (unpaired) electrons. The van der Waals surface area contributed by atoms with Crippen LogP contribution in [0.25, 0.3) is 0 Å². The predicted octanol–water partition coefficient (Wildman–Crippen LogP) is 3.81. The van der Waals surface area contributed by atoms with Crippen molar-refractivity contribution in [3.8, 4) is 5.75 Å². The summed E-state index contributed by atoms with van der Waals surface area (Å²) >= 11 is 0. The lowest BCUT2D eigenvalue weighted by Crippen LogP contribution is -2.35. The van der Waals surface area contributed by atoms with E-state index < -0.39 is 0 Å². The Hall–Kier alpha value is -2.29. The molecule has 1 aliphatic heterocycles. The molecule has 0 fully saturated rings. The predicted molar refractivity (Wildman–Crippen MR) is 80.0 cm³/mol. The van der Waals surface area contributed by atoms with Crippen molar-refractivity contribution >= 4 is 17.2 Å². The second-order valence-electron chi connectivity index (χ2n) is 5.11. The van der Waals surface area contributed by atoms with Crippen molar-refractivity contribution in [2.75, 3.05) is 11.4 Å². The average molecular weight is 267 g/mol. The lowest BCUT2D eigenvalue weighted by atomic mass is 10.1. The highest BCUT2D eigenvalue weighted by molar-refractivity contribution is 5.94. The van der Waals surface area contributed by atoms with Gasteiger partial charge in [0.1, 0.15) is 11.9 Å². The second-order valence-corrected chi connectivity index (χ2v) is 5.11. The summed E-state index contributed by atoms with van der Waals surface area (Å²) in [6.07, 6.45) is 0.136. The molecule has 0 aromatic heterocycles. The van der Waals surface area contributed by atoms with E-state index in [0.29, 0.717) is 0 Å². The molecule has 0 aliphatic carbocycles. The van der Waals surface area contributed by atoms with Gasteiger partial charge in [0.2, 0.25) is 0 Å². The van der Waals surface area contributed by atoms with Crippen LogP contribution < -0.4 is 9.64 Å². The van der Waals surface area contributed by atoms with E-state index in [0.717, 1.165) is 29.2 Å². The van der Waals surface area contributed by atoms with E-state index in [2.05, 4.69) is 17.9 Å². The minimum absolute atomic E-state index is 0.0901. The van der Waals surface area contributed by atoms with Crippen molar-refractivity contribution in [2.45, 2.75) is 20.0 Å². The average Bonchev–Trinajstić information content (AvgIpc) is 2.46. The molecule has 3 nitrogen and oxygen atoms in total. The highest BCUT2D eigenvalue weighted by Gasteiger charge is 2.23. The van der Waals surface area contributed by atoms with E-state index in [-0.39, 0.29) is 11.9 Å². The Balaban J connectivity index is 1.99. The van der Waals surface area contributed by atoms with E-state index in [4.69, 9.17) is 4.74 Å². The van der Waals surface area contributed by atoms with Crippen molar-refractivity contribution in [1.82, 2.24) is 0 Å². The number of Topliss-reactive ketones (excluding diaryl/α,β-unsaturated/α-hetero) is 1. The zero-order valence-electron chi connectivity index (χ0n) is 11.7. The molecule has 1 heterocycles. The maximum atomic E-state index is 11.3. The van der Waals surface area contributed by atoms with E-state index in [1.807, 2.05) is 42.5 Å². The monoisotopic (exact) mass is 267 g/mol. The minimum Gasteiger partial charge on any atom is -0.487 e. The van der Waals surface area contributed by atoms with Gasteiger partial charge in [0.15, 0.2) is 5.78 Å². The Labute approximate surface area is 118 Å². The Morgan fingerprint density at radius 3 is 2.55 bits per heavy atom. The summed E-state index contributed by atoms with van der Waals surface area (Å²) in [5, 5.41) is 0. The molecule has 102 valence electrons. The Morgan fingerprint density at radius 1 is 1.15 bits per heavy atom. The van der Waals surface area contributed by atoms with Crippen molar-refractivity contribution in [3.05, 3.63) is 54.1 Å². The van der Waals surface area contributed by atoms with E-state index in [9.17, 15) is 4.79 Å². The summed E-state index contributed by atoms with van der Waals surface area (Å²) in [6, 6.07) is 15.8. The fourth-order valence-corrected chi connectivity index (χ4v) is 2.51. The topological polar surface area (TPSA) is 29.5 Å². The number of benzene rings is 2. The van der Waals surface area contributed by atoms with Gasteiger partial charge in [-0.3, -0.25) is 4.79 Å². The summed E-state index contributed by atoms with van der Waals surface area (Å²) in [4.78, 5) is 13.6. The van der Waals surface area contributed by atoms with E-state index in [1.54, 1.807) is 6.92 Å². The first-order valence-electron chi connectivity index (χ1n) is 6.79. The molecule has 3 heteroatoms. The third kappa shape index (κ3) is 2.27. The van der Waals surface area contributed by atoms with Crippen molar-refractivity contribution < 1.29 is 9.53 Å². The Bertz CT molecular complexity index is 634. The summed E-state index contributed by atoms with van der Waals surface area (Å²) in [5.74, 6) is 0.995. The molecule has 0 N–H and O–H groups in total. The molecule has 20 heavy (non-hydrogen) atoms. The molecule has 1 unspecified atom stereocenters. The smallest absolute Gasteiger partial charge is 0.159 e. The van der Waals surface area contributed by atoms with Crippen LogP contribution in [-0.2, 0) is 0 Å². The van der Waals surface area contributed by atoms with Gasteiger partial charge in [-0.25, -0.2) is 0 Å². The molecular formula is C17H17NO2. The van der Waals surface area contributed by atoms with Crippen LogP contribution in [-0.4, -0.2) is 18.4 Å². The number of carbonyl (C=O) groups excluding carboxylic acids is 1. The van der Waals surface area contributed by atoms with Crippen LogP contribution in [0.15, 0.2) is 48.5 Å². The largest absolute Gasteiger partial charge is 0.487 e. The molecule has 2 aromatic carbocycles. The lowest BCUT2D eigenvalue weighted by molar-refractivity contribution is 0.101. The number of rotatable bonds is 2. The standard InChI is InChI=1S/C17H17NO2/c1-12-11-18(16-5-3-4-6-17(16)20-12)15-9-7-14(8-10-15)13(2)19/h3-10,12H,11H2,1-2H3. The summed E-state index contributed by atoms with van der Waals surface area (Å²) in [7, 11) is 0. The van der Waals surface area contributed by atoms with Gasteiger partial charge in [0.25, 0.3) is 0 Å². The molecule has 0 amide bonds. The zero-order chi connectivity index (χ0) is 14.1. The van der Waals surface area contributed by atoms with Crippen LogP contribution in [0.1, 0.15) is 24.2 Å². The summed E-state index contributed by atoms with van der Waals surface area (Å²) in [5.41, 5.74) is 2.89. The van der Waals surface area contributed by atoms with Gasteiger partial charge in [-0.1, -0.05) is 12.1 Å². The van der Waals surface area contributed by atoms with Crippen LogP contribution in [0.5, 0.6) is 5.75 Å². The van der Waals surface area contributed by atoms with Gasteiger partial charge in [0, 0.05) is 11.3 Å². The number of ether oxygens (including phenoxy) is 1. The van der Waals surface area contributed by atoms with Crippen LogP contribution in [0.3, 0.4) is 0 Å². The lowest BCUT2D eigenvalue weighted by Gasteiger charge is -2.35. The third-order valence-corrected chi connectivity index (χ3v) is 3.51. The number of hydrogen-bond donors (Lipinski definition) is 0. The van der Waals surface area contributed by atoms with Crippen LogP contribution in [0.2, 0.25) is 0 Å². The summed E-state index contributed by atoms with van der Waals surface area (Å²) < 4.78 is 5.85. The summed E-state index contributed by atoms with van der Waals surface area (Å²) in [6.45, 7) is 4.45. The van der Waals surface area contributed by atoms with E-state index in [1.165, 1.54) is 0 Å². The SMILES string of the molecule is CC(=O)c1ccc(N2CC(C)Oc3ccccc32)cc1. The Morgan fingerprint density at radius 2 is 1.85 bits per heavy atom. The maximum Gasteiger partial charge on any atom is 0.159 e. The number of anilines is 2. The fourth-order valence-electron chi connectivity index (χ4n) is 2.51. The number of carbonyl (C=O) groups is 1. The highest BCUT2D eigenvalue weighted by Crippen LogP contribution is 2.37. The van der Waals surface area contributed by atoms with Gasteiger partial charge in [-0.15, -0.1) is 0 Å². The van der Waals surface area contributed by atoms with Gasteiger partial charge >= 0.3 is 0 Å². The van der Waals surface area contributed by atoms with Crippen LogP contribution in [0, 0.1) is 0 Å². The van der Waals surface area contributed by atoms with Gasteiger partial charge in [-0.05, 0) is 50.2 Å². The van der Waals surface area contributed by atoms with Crippen molar-refractivity contribution in [1.29, 1.82) is 0 Å². The van der Waals surface area contributed by atoms with Crippen LogP contribution in [0.4, 0.5) is 11.4 Å². The van der Waals surface area contributed by atoms with Gasteiger partial charge in [0.05, 0.1) is 12.2 Å². The van der Waals surface area contributed by atoms with Gasteiger partial charge in [-0.2, -0.15) is 0 Å². The van der Waals surface area contributed by atoms with E-state index >= 15 is 0 Å². The quantitative estimate of drug-likeness (QED) is 0.775. The fraction of sp³-hybridized carbons (Fsp3) is 0.235.